The number of halogens is 1. The van der Waals surface area contributed by atoms with Gasteiger partial charge in [-0.25, -0.2) is 0 Å². The highest BCUT2D eigenvalue weighted by Gasteiger charge is 1.96. The summed E-state index contributed by atoms with van der Waals surface area (Å²) in [5, 5.41) is 0. The molecular weight excluding hydrogens is 85.9 g/mol. The molecule has 0 radical (unpaired) electrons. The number of hydrogen-bond acceptors (Lipinski definition) is 1. The molecule has 0 aliphatic carbocycles. The lowest BCUT2D eigenvalue weighted by Gasteiger charge is -1.79. The van der Waals surface area contributed by atoms with Gasteiger partial charge in [0, 0.05) is 0 Å². The molecular formula is C2H6BFS. The molecule has 0 rings (SSSR count). The van der Waals surface area contributed by atoms with Gasteiger partial charge in [0.15, 0.2) is 0 Å². The Morgan fingerprint density at radius 1 is 1.80 bits per heavy atom. The van der Waals surface area contributed by atoms with E-state index in [-0.39, 0.29) is 0 Å². The third kappa shape index (κ3) is 4.34. The summed E-state index contributed by atoms with van der Waals surface area (Å²) < 4.78 is 11.4. The Hall–Kier alpha value is 0.345. The van der Waals surface area contributed by atoms with E-state index in [9.17, 15) is 4.32 Å². The van der Waals surface area contributed by atoms with Gasteiger partial charge in [-0.1, -0.05) is 0 Å². The highest BCUT2D eigenvalue weighted by Crippen LogP contribution is 1.98. The number of hydrogen-bond donors (Lipinski definition) is 0. The van der Waals surface area contributed by atoms with Crippen molar-refractivity contribution in [3.05, 3.63) is 0 Å². The molecule has 0 aromatic carbocycles. The molecule has 0 saturated carbocycles. The van der Waals surface area contributed by atoms with Crippen LogP contribution in [-0.4, -0.2) is 12.5 Å². The maximum Gasteiger partial charge on any atom is 0.409 e. The average Bonchev–Trinajstić information content (AvgIpc) is 1.38. The summed E-state index contributed by atoms with van der Waals surface area (Å²) in [6, 6.07) is 0. The van der Waals surface area contributed by atoms with Crippen molar-refractivity contribution in [1.29, 1.82) is 0 Å². The van der Waals surface area contributed by atoms with Crippen LogP contribution in [-0.2, 0) is 0 Å². The van der Waals surface area contributed by atoms with E-state index in [1.54, 1.807) is 6.26 Å². The van der Waals surface area contributed by atoms with E-state index in [1.165, 1.54) is 18.4 Å². The van der Waals surface area contributed by atoms with Crippen molar-refractivity contribution in [3.8, 4) is 0 Å². The molecule has 0 aliphatic rings. The fourth-order valence-electron chi connectivity index (χ4n) is 0. The van der Waals surface area contributed by atoms with Crippen LogP contribution < -0.4 is 0 Å². The Morgan fingerprint density at radius 2 is 2.00 bits per heavy atom. The highest BCUT2D eigenvalue weighted by molar-refractivity contribution is 8.24. The molecule has 0 atom stereocenters. The molecule has 0 aromatic heterocycles. The molecule has 0 heterocycles. The second kappa shape index (κ2) is 2.58. The van der Waals surface area contributed by atoms with Crippen LogP contribution in [0.4, 0.5) is 4.32 Å². The van der Waals surface area contributed by atoms with Gasteiger partial charge in [0.1, 0.15) is 0 Å². The van der Waals surface area contributed by atoms with E-state index in [4.69, 9.17) is 0 Å². The molecule has 0 nitrogen and oxygen atoms in total. The first-order chi connectivity index (χ1) is 2.27. The van der Waals surface area contributed by atoms with Crippen molar-refractivity contribution in [2.75, 3.05) is 6.26 Å². The van der Waals surface area contributed by atoms with Gasteiger partial charge in [0.2, 0.25) is 0 Å². The first-order valence-electron chi connectivity index (χ1n) is 1.44. The predicted molar refractivity (Wildman–Crippen MR) is 26.2 cm³/mol. The smallest absolute Gasteiger partial charge is 0.320 e. The van der Waals surface area contributed by atoms with Crippen LogP contribution in [0.3, 0.4) is 0 Å². The van der Waals surface area contributed by atoms with Crippen LogP contribution in [0.25, 0.3) is 0 Å². The molecule has 5 heavy (non-hydrogen) atoms. The molecule has 0 bridgehead atoms. The Morgan fingerprint density at radius 3 is 2.00 bits per heavy atom. The van der Waals surface area contributed by atoms with Crippen LogP contribution >= 0.6 is 11.6 Å². The van der Waals surface area contributed by atoms with Crippen LogP contribution in [0, 0.1) is 0 Å². The maximum absolute atomic E-state index is 11.4. The summed E-state index contributed by atoms with van der Waals surface area (Å²) in [5.74, 6) is 0. The quantitative estimate of drug-likeness (QED) is 0.441. The van der Waals surface area contributed by atoms with Crippen molar-refractivity contribution < 1.29 is 4.32 Å². The summed E-state index contributed by atoms with van der Waals surface area (Å²) in [6.45, 7) is 1.52. The van der Waals surface area contributed by atoms with Gasteiger partial charge in [-0.15, -0.1) is 0 Å². The van der Waals surface area contributed by atoms with Gasteiger partial charge < -0.3 is 4.32 Å². The zero-order chi connectivity index (χ0) is 4.28. The molecule has 0 spiro atoms. The van der Waals surface area contributed by atoms with Crippen LogP contribution in [0.1, 0.15) is 0 Å². The van der Waals surface area contributed by atoms with E-state index in [0.29, 0.717) is 0 Å². The van der Waals surface area contributed by atoms with E-state index in [1.807, 2.05) is 0 Å². The summed E-state index contributed by atoms with van der Waals surface area (Å²) in [6.07, 6.45) is 1.04. The fraction of sp³-hybridized carbons (Fsp3) is 1.00. The minimum absolute atomic E-state index is 0.699. The Balaban J connectivity index is 2.54. The second-order valence-corrected chi connectivity index (χ2v) is 1.90. The van der Waals surface area contributed by atoms with Gasteiger partial charge in [-0.05, 0) is 13.1 Å². The van der Waals surface area contributed by atoms with E-state index < -0.39 is 6.27 Å². The Bertz CT molecular complexity index is 23.6. The SMILES string of the molecule is CSB(C)F. The van der Waals surface area contributed by atoms with Crippen molar-refractivity contribution >= 4 is 17.9 Å². The fourth-order valence-corrected chi connectivity index (χ4v) is 0. The average molecular weight is 91.9 g/mol. The minimum Gasteiger partial charge on any atom is -0.320 e. The van der Waals surface area contributed by atoms with E-state index in [2.05, 4.69) is 0 Å². The summed E-state index contributed by atoms with van der Waals surface area (Å²) in [4.78, 5) is 0. The Labute approximate surface area is 36.2 Å². The van der Waals surface area contributed by atoms with Crippen LogP contribution in [0.5, 0.6) is 0 Å². The highest BCUT2D eigenvalue weighted by atomic mass is 32.2. The predicted octanol–water partition coefficient (Wildman–Crippen LogP) is 1.44. The lowest BCUT2D eigenvalue weighted by atomic mass is 10.1. The molecule has 0 unspecified atom stereocenters. The standard InChI is InChI=1S/C2H6BFS/c1-3(4)5-2/h1-2H3. The molecule has 0 N–H and O–H groups in total. The third-order valence-electron chi connectivity index (χ3n) is 0.325. The zero-order valence-electron chi connectivity index (χ0n) is 3.36. The van der Waals surface area contributed by atoms with Gasteiger partial charge in [-0.2, -0.15) is 11.6 Å². The lowest BCUT2D eigenvalue weighted by molar-refractivity contribution is 0.869. The molecule has 3 heteroatoms. The monoisotopic (exact) mass is 92.0 g/mol. The first-order valence-corrected chi connectivity index (χ1v) is 2.73. The van der Waals surface area contributed by atoms with Gasteiger partial charge >= 0.3 is 6.27 Å². The largest absolute Gasteiger partial charge is 0.409 e. The van der Waals surface area contributed by atoms with Crippen molar-refractivity contribution in [2.24, 2.45) is 0 Å². The van der Waals surface area contributed by atoms with E-state index in [0.717, 1.165) is 0 Å². The summed E-state index contributed by atoms with van der Waals surface area (Å²) >= 11 is 1.21. The summed E-state index contributed by atoms with van der Waals surface area (Å²) in [7, 11) is 0. The van der Waals surface area contributed by atoms with Crippen molar-refractivity contribution in [3.63, 3.8) is 0 Å². The summed E-state index contributed by atoms with van der Waals surface area (Å²) in [5.41, 5.74) is 0. The van der Waals surface area contributed by atoms with Crippen LogP contribution in [0.15, 0.2) is 0 Å². The third-order valence-corrected chi connectivity index (χ3v) is 0.974. The molecule has 0 aliphatic heterocycles. The minimum atomic E-state index is -0.699. The zero-order valence-corrected chi connectivity index (χ0v) is 4.18. The topological polar surface area (TPSA) is 0 Å². The van der Waals surface area contributed by atoms with E-state index >= 15 is 0 Å². The van der Waals surface area contributed by atoms with Crippen molar-refractivity contribution in [1.82, 2.24) is 0 Å². The maximum atomic E-state index is 11.4. The lowest BCUT2D eigenvalue weighted by Crippen LogP contribution is -1.84. The molecule has 0 amide bonds. The van der Waals surface area contributed by atoms with Crippen LogP contribution in [0.2, 0.25) is 6.82 Å². The van der Waals surface area contributed by atoms with Gasteiger partial charge in [0.05, 0.1) is 0 Å². The van der Waals surface area contributed by atoms with Crippen molar-refractivity contribution in [2.45, 2.75) is 6.82 Å². The molecule has 30 valence electrons. The van der Waals surface area contributed by atoms with Gasteiger partial charge in [0.25, 0.3) is 0 Å². The molecule has 0 fully saturated rings. The second-order valence-electron chi connectivity index (χ2n) is 0.779. The normalized spacial score (nSPS) is 7.80. The molecule has 0 saturated heterocycles. The molecule has 0 aromatic rings. The van der Waals surface area contributed by atoms with Gasteiger partial charge in [-0.3, -0.25) is 0 Å². The number of rotatable bonds is 1. The first kappa shape index (κ1) is 5.34. The Kier molecular flexibility index (Phi) is 2.75.